The zero-order chi connectivity index (χ0) is 15.8. The van der Waals surface area contributed by atoms with E-state index >= 15 is 0 Å². The van der Waals surface area contributed by atoms with Crippen LogP contribution in [0.5, 0.6) is 0 Å². The molecule has 0 radical (unpaired) electrons. The van der Waals surface area contributed by atoms with Gasteiger partial charge in [-0.2, -0.15) is 0 Å². The summed E-state index contributed by atoms with van der Waals surface area (Å²) in [5, 5.41) is 19.3. The average Bonchev–Trinajstić information content (AvgIpc) is 3.00. The first-order valence-corrected chi connectivity index (χ1v) is 7.84. The molecule has 22 heavy (non-hydrogen) atoms. The van der Waals surface area contributed by atoms with Crippen molar-refractivity contribution in [1.29, 1.82) is 0 Å². The van der Waals surface area contributed by atoms with E-state index in [1.807, 2.05) is 30.3 Å². The summed E-state index contributed by atoms with van der Waals surface area (Å²) in [5.41, 5.74) is 1.12. The Morgan fingerprint density at radius 1 is 1.23 bits per heavy atom. The standard InChI is InChI=1S/C17H26O5/c1-14(12-18)16(19)11-17(21-9-10-22-17)7-8-20-13-15-5-3-2-4-6-15/h2-6,14,16,18-19H,7-13H2,1H3/t14-,16-/m1/s1. The lowest BCUT2D eigenvalue weighted by Gasteiger charge is -2.31. The summed E-state index contributed by atoms with van der Waals surface area (Å²) in [6.07, 6.45) is 0.260. The molecule has 0 amide bonds. The molecule has 0 aromatic heterocycles. The van der Waals surface area contributed by atoms with Crippen LogP contribution < -0.4 is 0 Å². The van der Waals surface area contributed by atoms with Crippen molar-refractivity contribution in [3.8, 4) is 0 Å². The molecule has 2 atom stereocenters. The maximum atomic E-state index is 10.1. The number of aliphatic hydroxyl groups is 2. The van der Waals surface area contributed by atoms with Gasteiger partial charge in [0.1, 0.15) is 0 Å². The van der Waals surface area contributed by atoms with Gasteiger partial charge in [0.05, 0.1) is 32.5 Å². The van der Waals surface area contributed by atoms with Crippen LogP contribution in [0.25, 0.3) is 0 Å². The Bertz CT molecular complexity index is 416. The van der Waals surface area contributed by atoms with Crippen LogP contribution in [-0.2, 0) is 20.8 Å². The third-order valence-electron chi connectivity index (χ3n) is 4.02. The van der Waals surface area contributed by atoms with E-state index in [4.69, 9.17) is 19.3 Å². The van der Waals surface area contributed by atoms with E-state index in [1.54, 1.807) is 6.92 Å². The molecule has 1 heterocycles. The molecule has 1 aliphatic heterocycles. The fourth-order valence-electron chi connectivity index (χ4n) is 2.49. The van der Waals surface area contributed by atoms with Crippen molar-refractivity contribution < 1.29 is 24.4 Å². The zero-order valence-corrected chi connectivity index (χ0v) is 13.1. The van der Waals surface area contributed by atoms with Gasteiger partial charge in [-0.15, -0.1) is 0 Å². The van der Waals surface area contributed by atoms with Gasteiger partial charge >= 0.3 is 0 Å². The van der Waals surface area contributed by atoms with Crippen molar-refractivity contribution in [3.05, 3.63) is 35.9 Å². The summed E-state index contributed by atoms with van der Waals surface area (Å²) in [6.45, 7) is 3.85. The summed E-state index contributed by atoms with van der Waals surface area (Å²) in [6, 6.07) is 9.98. The molecule has 2 N–H and O–H groups in total. The van der Waals surface area contributed by atoms with Crippen LogP contribution in [-0.4, -0.2) is 48.5 Å². The fourth-order valence-corrected chi connectivity index (χ4v) is 2.49. The molecule has 0 spiro atoms. The molecule has 5 nitrogen and oxygen atoms in total. The van der Waals surface area contributed by atoms with Gasteiger partial charge in [-0.3, -0.25) is 0 Å². The largest absolute Gasteiger partial charge is 0.396 e. The molecule has 0 saturated carbocycles. The van der Waals surface area contributed by atoms with E-state index in [2.05, 4.69) is 0 Å². The number of hydrogen-bond acceptors (Lipinski definition) is 5. The van der Waals surface area contributed by atoms with Gasteiger partial charge in [0, 0.05) is 25.4 Å². The van der Waals surface area contributed by atoms with Gasteiger partial charge in [-0.1, -0.05) is 37.3 Å². The highest BCUT2D eigenvalue weighted by Gasteiger charge is 2.39. The lowest BCUT2D eigenvalue weighted by atomic mass is 9.96. The number of hydrogen-bond donors (Lipinski definition) is 2. The van der Waals surface area contributed by atoms with Crippen molar-refractivity contribution in [2.75, 3.05) is 26.4 Å². The molecule has 124 valence electrons. The monoisotopic (exact) mass is 310 g/mol. The molecule has 0 bridgehead atoms. The number of ether oxygens (including phenoxy) is 3. The Kier molecular flexibility index (Phi) is 6.79. The van der Waals surface area contributed by atoms with Gasteiger partial charge in [0.15, 0.2) is 5.79 Å². The van der Waals surface area contributed by atoms with Gasteiger partial charge in [-0.25, -0.2) is 0 Å². The predicted molar refractivity (Wildman–Crippen MR) is 82.2 cm³/mol. The van der Waals surface area contributed by atoms with Crippen LogP contribution in [0, 0.1) is 5.92 Å². The van der Waals surface area contributed by atoms with E-state index in [-0.39, 0.29) is 12.5 Å². The number of aliphatic hydroxyl groups excluding tert-OH is 2. The topological polar surface area (TPSA) is 68.2 Å². The second kappa shape index (κ2) is 8.60. The number of rotatable bonds is 9. The maximum Gasteiger partial charge on any atom is 0.173 e. The quantitative estimate of drug-likeness (QED) is 0.680. The Labute approximate surface area is 131 Å². The van der Waals surface area contributed by atoms with Gasteiger partial charge < -0.3 is 24.4 Å². The normalized spacial score (nSPS) is 20.0. The maximum absolute atomic E-state index is 10.1. The summed E-state index contributed by atoms with van der Waals surface area (Å²) in [7, 11) is 0. The molecule has 0 aliphatic carbocycles. The molecule has 0 unspecified atom stereocenters. The first kappa shape index (κ1) is 17.4. The first-order chi connectivity index (χ1) is 10.7. The third-order valence-corrected chi connectivity index (χ3v) is 4.02. The van der Waals surface area contributed by atoms with E-state index < -0.39 is 11.9 Å². The van der Waals surface area contributed by atoms with E-state index in [0.29, 0.717) is 39.3 Å². The summed E-state index contributed by atoms with van der Waals surface area (Å²) < 4.78 is 17.1. The summed E-state index contributed by atoms with van der Waals surface area (Å²) in [5.74, 6) is -0.991. The molecule has 1 fully saturated rings. The predicted octanol–water partition coefficient (Wildman–Crippen LogP) is 1.72. The molecular formula is C17H26O5. The molecular weight excluding hydrogens is 284 g/mol. The van der Waals surface area contributed by atoms with E-state index in [0.717, 1.165) is 5.56 Å². The van der Waals surface area contributed by atoms with Gasteiger partial charge in [-0.05, 0) is 5.56 Å². The van der Waals surface area contributed by atoms with Gasteiger partial charge in [0.2, 0.25) is 0 Å². The summed E-state index contributed by atoms with van der Waals surface area (Å²) in [4.78, 5) is 0. The van der Waals surface area contributed by atoms with E-state index in [9.17, 15) is 5.11 Å². The molecule has 1 saturated heterocycles. The molecule has 1 aliphatic rings. The van der Waals surface area contributed by atoms with Crippen LogP contribution in [0.1, 0.15) is 25.3 Å². The minimum Gasteiger partial charge on any atom is -0.396 e. The van der Waals surface area contributed by atoms with Crippen LogP contribution >= 0.6 is 0 Å². The molecule has 1 aromatic carbocycles. The van der Waals surface area contributed by atoms with Crippen molar-refractivity contribution in [2.45, 2.75) is 38.3 Å². The molecule has 1 aromatic rings. The van der Waals surface area contributed by atoms with Crippen molar-refractivity contribution in [3.63, 3.8) is 0 Å². The SMILES string of the molecule is C[C@H](CO)[C@H](O)CC1(CCOCc2ccccc2)OCCO1. The fraction of sp³-hybridized carbons (Fsp3) is 0.647. The minimum atomic E-state index is -0.792. The number of benzene rings is 1. The average molecular weight is 310 g/mol. The molecule has 5 heteroatoms. The Hall–Kier alpha value is -0.980. The lowest BCUT2D eigenvalue weighted by molar-refractivity contribution is -0.193. The second-order valence-corrected chi connectivity index (χ2v) is 5.83. The van der Waals surface area contributed by atoms with Crippen molar-refractivity contribution in [1.82, 2.24) is 0 Å². The highest BCUT2D eigenvalue weighted by molar-refractivity contribution is 5.13. The Morgan fingerprint density at radius 3 is 2.55 bits per heavy atom. The van der Waals surface area contributed by atoms with Crippen molar-refractivity contribution in [2.24, 2.45) is 5.92 Å². The molecule has 2 rings (SSSR count). The highest BCUT2D eigenvalue weighted by atomic mass is 16.7. The Balaban J connectivity index is 1.78. The third kappa shape index (κ3) is 5.04. The van der Waals surface area contributed by atoms with E-state index in [1.165, 1.54) is 0 Å². The first-order valence-electron chi connectivity index (χ1n) is 7.84. The smallest absolute Gasteiger partial charge is 0.173 e. The summed E-state index contributed by atoms with van der Waals surface area (Å²) >= 11 is 0. The van der Waals surface area contributed by atoms with Crippen LogP contribution in [0.4, 0.5) is 0 Å². The van der Waals surface area contributed by atoms with Gasteiger partial charge in [0.25, 0.3) is 0 Å². The second-order valence-electron chi connectivity index (χ2n) is 5.83. The lowest BCUT2D eigenvalue weighted by Crippen LogP contribution is -2.38. The van der Waals surface area contributed by atoms with Crippen LogP contribution in [0.3, 0.4) is 0 Å². The van der Waals surface area contributed by atoms with Crippen LogP contribution in [0.15, 0.2) is 30.3 Å². The van der Waals surface area contributed by atoms with Crippen LogP contribution in [0.2, 0.25) is 0 Å². The highest BCUT2D eigenvalue weighted by Crippen LogP contribution is 2.30. The zero-order valence-electron chi connectivity index (χ0n) is 13.1. The minimum absolute atomic E-state index is 0.0538. The van der Waals surface area contributed by atoms with Crippen molar-refractivity contribution >= 4 is 0 Å². The Morgan fingerprint density at radius 2 is 1.91 bits per heavy atom.